The molecule has 1 aromatic carbocycles. The summed E-state index contributed by atoms with van der Waals surface area (Å²) in [5.74, 6) is -0.984. The van der Waals surface area contributed by atoms with Gasteiger partial charge in [0.2, 0.25) is 11.8 Å². The molecule has 3 rings (SSSR count). The lowest BCUT2D eigenvalue weighted by atomic mass is 10.1. The van der Waals surface area contributed by atoms with Crippen LogP contribution in [-0.2, 0) is 29.1 Å². The van der Waals surface area contributed by atoms with Crippen LogP contribution in [0, 0.1) is 5.82 Å². The Hall–Kier alpha value is -3.03. The zero-order valence-electron chi connectivity index (χ0n) is 13.7. The molecule has 2 amide bonds. The van der Waals surface area contributed by atoms with Gasteiger partial charge in [-0.2, -0.15) is 5.10 Å². The highest BCUT2D eigenvalue weighted by Crippen LogP contribution is 2.15. The monoisotopic (exact) mass is 344 g/mol. The van der Waals surface area contributed by atoms with Crippen LogP contribution in [0.15, 0.2) is 35.1 Å². The van der Waals surface area contributed by atoms with E-state index in [0.717, 1.165) is 4.68 Å². The number of nitrogens with one attached hydrogen (secondary N) is 1. The maximum absolute atomic E-state index is 13.1. The van der Waals surface area contributed by atoms with E-state index in [4.69, 9.17) is 0 Å². The largest absolute Gasteiger partial charge is 0.338 e. The van der Waals surface area contributed by atoms with Crippen molar-refractivity contribution in [2.45, 2.75) is 26.4 Å². The van der Waals surface area contributed by atoms with E-state index < -0.39 is 17.3 Å². The van der Waals surface area contributed by atoms with Crippen LogP contribution in [0.1, 0.15) is 18.2 Å². The summed E-state index contributed by atoms with van der Waals surface area (Å²) in [6.45, 7) is 2.10. The quantitative estimate of drug-likeness (QED) is 0.898. The summed E-state index contributed by atoms with van der Waals surface area (Å²) in [7, 11) is 0. The van der Waals surface area contributed by atoms with Gasteiger partial charge in [-0.15, -0.1) is 0 Å². The molecular formula is C17H17FN4O3. The molecule has 7 nitrogen and oxygen atoms in total. The molecule has 0 atom stereocenters. The maximum Gasteiger partial charge on any atom is 0.267 e. The first-order valence-corrected chi connectivity index (χ1v) is 7.83. The third kappa shape index (κ3) is 3.90. The van der Waals surface area contributed by atoms with Crippen molar-refractivity contribution in [1.82, 2.24) is 14.7 Å². The van der Waals surface area contributed by atoms with Crippen LogP contribution in [0.4, 0.5) is 10.1 Å². The predicted octanol–water partition coefficient (Wildman–Crippen LogP) is 0.926. The number of halogens is 1. The molecule has 0 unspecified atom stereocenters. The topological polar surface area (TPSA) is 84.3 Å². The Morgan fingerprint density at radius 2 is 2.12 bits per heavy atom. The van der Waals surface area contributed by atoms with E-state index in [1.54, 1.807) is 11.0 Å². The van der Waals surface area contributed by atoms with Gasteiger partial charge in [0.15, 0.2) is 0 Å². The highest BCUT2D eigenvalue weighted by atomic mass is 19.1. The minimum absolute atomic E-state index is 0.0516. The zero-order valence-corrected chi connectivity index (χ0v) is 13.7. The van der Waals surface area contributed by atoms with Crippen molar-refractivity contribution in [1.29, 1.82) is 0 Å². The molecule has 0 aliphatic carbocycles. The van der Waals surface area contributed by atoms with Gasteiger partial charge in [0.05, 0.1) is 5.69 Å². The van der Waals surface area contributed by atoms with Gasteiger partial charge in [-0.25, -0.2) is 9.07 Å². The Labute approximate surface area is 143 Å². The van der Waals surface area contributed by atoms with Crippen LogP contribution in [0.3, 0.4) is 0 Å². The molecule has 2 heterocycles. The summed E-state index contributed by atoms with van der Waals surface area (Å²) in [4.78, 5) is 37.3. The third-order valence-electron chi connectivity index (χ3n) is 3.99. The van der Waals surface area contributed by atoms with Crippen molar-refractivity contribution in [2.75, 3.05) is 11.9 Å². The van der Waals surface area contributed by atoms with E-state index in [1.807, 2.05) is 0 Å². The lowest BCUT2D eigenvalue weighted by Crippen LogP contribution is -2.38. The molecular weight excluding hydrogens is 327 g/mol. The van der Waals surface area contributed by atoms with Crippen LogP contribution >= 0.6 is 0 Å². The van der Waals surface area contributed by atoms with Gasteiger partial charge >= 0.3 is 0 Å². The molecule has 0 spiro atoms. The number of nitrogens with zero attached hydrogens (tertiary/aromatic N) is 3. The van der Waals surface area contributed by atoms with E-state index >= 15 is 0 Å². The van der Waals surface area contributed by atoms with E-state index in [9.17, 15) is 18.8 Å². The van der Waals surface area contributed by atoms with E-state index in [2.05, 4.69) is 10.4 Å². The van der Waals surface area contributed by atoms with Gasteiger partial charge in [0.1, 0.15) is 12.4 Å². The number of amides is 2. The summed E-state index contributed by atoms with van der Waals surface area (Å²) in [5.41, 5.74) is 1.30. The number of aromatic nitrogens is 2. The standard InChI is InChI=1S/C17H17FN4O3/c1-11(23)21-6-5-15-12(9-21)7-17(25)22(20-15)10-16(24)19-14-4-2-3-13(18)8-14/h2-4,7-8H,5-6,9-10H2,1H3,(H,19,24). The molecule has 1 aliphatic rings. The molecule has 1 N–H and O–H groups in total. The summed E-state index contributed by atoms with van der Waals surface area (Å²) in [6.07, 6.45) is 0.528. The van der Waals surface area contributed by atoms with E-state index in [0.29, 0.717) is 36.5 Å². The Morgan fingerprint density at radius 1 is 1.32 bits per heavy atom. The first kappa shape index (κ1) is 16.8. The van der Waals surface area contributed by atoms with Crippen LogP contribution < -0.4 is 10.9 Å². The Morgan fingerprint density at radius 3 is 2.84 bits per heavy atom. The fraction of sp³-hybridized carbons (Fsp3) is 0.294. The summed E-state index contributed by atoms with van der Waals surface area (Å²) in [6, 6.07) is 6.91. The average molecular weight is 344 g/mol. The molecule has 130 valence electrons. The lowest BCUT2D eigenvalue weighted by molar-refractivity contribution is -0.129. The number of fused-ring (bicyclic) bond motifs is 1. The molecule has 0 saturated carbocycles. The van der Waals surface area contributed by atoms with Crippen LogP contribution in [0.2, 0.25) is 0 Å². The summed E-state index contributed by atoms with van der Waals surface area (Å²) < 4.78 is 14.2. The Balaban J connectivity index is 1.74. The van der Waals surface area contributed by atoms with Crippen molar-refractivity contribution >= 4 is 17.5 Å². The number of hydrogen-bond donors (Lipinski definition) is 1. The summed E-state index contributed by atoms with van der Waals surface area (Å²) >= 11 is 0. The maximum atomic E-state index is 13.1. The molecule has 8 heteroatoms. The number of rotatable bonds is 3. The minimum atomic E-state index is -0.471. The van der Waals surface area contributed by atoms with Crippen molar-refractivity contribution in [3.63, 3.8) is 0 Å². The molecule has 25 heavy (non-hydrogen) atoms. The van der Waals surface area contributed by atoms with Crippen LogP contribution in [0.5, 0.6) is 0 Å². The van der Waals surface area contributed by atoms with Gasteiger partial charge < -0.3 is 10.2 Å². The van der Waals surface area contributed by atoms with Gasteiger partial charge in [-0.3, -0.25) is 14.4 Å². The number of anilines is 1. The number of carbonyl (C=O) groups is 2. The minimum Gasteiger partial charge on any atom is -0.338 e. The second-order valence-corrected chi connectivity index (χ2v) is 5.86. The van der Waals surface area contributed by atoms with Crippen LogP contribution in [0.25, 0.3) is 0 Å². The van der Waals surface area contributed by atoms with Gasteiger partial charge in [0.25, 0.3) is 5.56 Å². The van der Waals surface area contributed by atoms with Crippen molar-refractivity contribution in [3.8, 4) is 0 Å². The predicted molar refractivity (Wildman–Crippen MR) is 88.3 cm³/mol. The average Bonchev–Trinajstić information content (AvgIpc) is 2.55. The Bertz CT molecular complexity index is 894. The first-order chi connectivity index (χ1) is 11.9. The smallest absolute Gasteiger partial charge is 0.267 e. The van der Waals surface area contributed by atoms with Gasteiger partial charge in [-0.05, 0) is 18.2 Å². The molecule has 0 bridgehead atoms. The van der Waals surface area contributed by atoms with Crippen molar-refractivity contribution in [3.05, 3.63) is 57.8 Å². The fourth-order valence-corrected chi connectivity index (χ4v) is 2.72. The molecule has 0 saturated heterocycles. The fourth-order valence-electron chi connectivity index (χ4n) is 2.72. The number of hydrogen-bond acceptors (Lipinski definition) is 4. The first-order valence-electron chi connectivity index (χ1n) is 7.83. The molecule has 0 radical (unpaired) electrons. The SMILES string of the molecule is CC(=O)N1CCc2nn(CC(=O)Nc3cccc(F)c3)c(=O)cc2C1. The molecule has 2 aromatic rings. The van der Waals surface area contributed by atoms with Gasteiger partial charge in [0, 0.05) is 43.8 Å². The lowest BCUT2D eigenvalue weighted by Gasteiger charge is -2.27. The highest BCUT2D eigenvalue weighted by Gasteiger charge is 2.21. The Kier molecular flexibility index (Phi) is 4.60. The second-order valence-electron chi connectivity index (χ2n) is 5.86. The van der Waals surface area contributed by atoms with Crippen molar-refractivity contribution in [2.24, 2.45) is 0 Å². The normalized spacial score (nSPS) is 13.3. The van der Waals surface area contributed by atoms with E-state index in [1.165, 1.54) is 31.2 Å². The summed E-state index contributed by atoms with van der Waals surface area (Å²) in [5, 5.41) is 6.77. The molecule has 0 fully saturated rings. The molecule has 1 aliphatic heterocycles. The zero-order chi connectivity index (χ0) is 18.0. The van der Waals surface area contributed by atoms with E-state index in [-0.39, 0.29) is 12.5 Å². The number of benzene rings is 1. The third-order valence-corrected chi connectivity index (χ3v) is 3.99. The van der Waals surface area contributed by atoms with Gasteiger partial charge in [-0.1, -0.05) is 6.07 Å². The second kappa shape index (κ2) is 6.84. The highest BCUT2D eigenvalue weighted by molar-refractivity contribution is 5.90. The molecule has 1 aromatic heterocycles. The number of carbonyl (C=O) groups excluding carboxylic acids is 2. The van der Waals surface area contributed by atoms with Crippen molar-refractivity contribution < 1.29 is 14.0 Å². The van der Waals surface area contributed by atoms with Crippen LogP contribution in [-0.4, -0.2) is 33.0 Å².